The van der Waals surface area contributed by atoms with E-state index in [1.807, 2.05) is 17.9 Å². The summed E-state index contributed by atoms with van der Waals surface area (Å²) in [6.45, 7) is 3.05. The van der Waals surface area contributed by atoms with Crippen molar-refractivity contribution in [3.63, 3.8) is 0 Å². The van der Waals surface area contributed by atoms with Gasteiger partial charge in [0.25, 0.3) is 5.91 Å². The highest BCUT2D eigenvalue weighted by atomic mass is 16.5. The SMILES string of the molecule is COC1CCN(C(=O)c2ccnc(C)c2)C(CN)C1. The zero-order valence-corrected chi connectivity index (χ0v) is 11.5. The van der Waals surface area contributed by atoms with E-state index < -0.39 is 0 Å². The van der Waals surface area contributed by atoms with E-state index in [1.165, 1.54) is 0 Å². The predicted octanol–water partition coefficient (Wildman–Crippen LogP) is 0.968. The zero-order valence-electron chi connectivity index (χ0n) is 11.5. The summed E-state index contributed by atoms with van der Waals surface area (Å²) in [5, 5.41) is 0. The van der Waals surface area contributed by atoms with Crippen LogP contribution in [0, 0.1) is 6.92 Å². The van der Waals surface area contributed by atoms with Gasteiger partial charge in [0.15, 0.2) is 0 Å². The molecule has 19 heavy (non-hydrogen) atoms. The zero-order chi connectivity index (χ0) is 13.8. The molecule has 0 bridgehead atoms. The quantitative estimate of drug-likeness (QED) is 0.882. The van der Waals surface area contributed by atoms with Crippen molar-refractivity contribution in [2.45, 2.75) is 31.9 Å². The van der Waals surface area contributed by atoms with Crippen LogP contribution in [0.5, 0.6) is 0 Å². The highest BCUT2D eigenvalue weighted by Gasteiger charge is 2.31. The Morgan fingerprint density at radius 2 is 2.42 bits per heavy atom. The molecular weight excluding hydrogens is 242 g/mol. The molecule has 1 amide bonds. The summed E-state index contributed by atoms with van der Waals surface area (Å²) in [5.41, 5.74) is 7.33. The first-order chi connectivity index (χ1) is 9.15. The molecule has 5 nitrogen and oxygen atoms in total. The molecule has 2 atom stereocenters. The molecule has 1 aromatic rings. The van der Waals surface area contributed by atoms with Gasteiger partial charge in [0.2, 0.25) is 0 Å². The van der Waals surface area contributed by atoms with Crippen LogP contribution in [0.25, 0.3) is 0 Å². The third-order valence-corrected chi connectivity index (χ3v) is 3.68. The third kappa shape index (κ3) is 3.11. The molecule has 0 aromatic carbocycles. The van der Waals surface area contributed by atoms with E-state index in [0.717, 1.165) is 18.5 Å². The second-order valence-electron chi connectivity index (χ2n) is 4.96. The van der Waals surface area contributed by atoms with Gasteiger partial charge in [-0.2, -0.15) is 0 Å². The van der Waals surface area contributed by atoms with Crippen LogP contribution < -0.4 is 5.73 Å². The predicted molar refractivity (Wildman–Crippen MR) is 72.9 cm³/mol. The van der Waals surface area contributed by atoms with Gasteiger partial charge < -0.3 is 15.4 Å². The molecule has 1 aliphatic heterocycles. The molecule has 2 unspecified atom stereocenters. The van der Waals surface area contributed by atoms with Gasteiger partial charge in [-0.15, -0.1) is 0 Å². The molecule has 1 saturated heterocycles. The van der Waals surface area contributed by atoms with E-state index in [-0.39, 0.29) is 18.1 Å². The first-order valence-corrected chi connectivity index (χ1v) is 6.62. The Bertz CT molecular complexity index is 450. The van der Waals surface area contributed by atoms with Crippen molar-refractivity contribution in [2.75, 3.05) is 20.2 Å². The van der Waals surface area contributed by atoms with Gasteiger partial charge in [0, 0.05) is 43.7 Å². The number of nitrogens with zero attached hydrogens (tertiary/aromatic N) is 2. The number of amides is 1. The van der Waals surface area contributed by atoms with Crippen molar-refractivity contribution in [3.05, 3.63) is 29.6 Å². The van der Waals surface area contributed by atoms with E-state index in [4.69, 9.17) is 10.5 Å². The summed E-state index contributed by atoms with van der Waals surface area (Å²) in [4.78, 5) is 18.5. The number of piperidine rings is 1. The van der Waals surface area contributed by atoms with Crippen molar-refractivity contribution >= 4 is 5.91 Å². The summed E-state index contributed by atoms with van der Waals surface area (Å²) in [6.07, 6.45) is 3.55. The van der Waals surface area contributed by atoms with E-state index in [2.05, 4.69) is 4.98 Å². The van der Waals surface area contributed by atoms with Crippen LogP contribution in [0.4, 0.5) is 0 Å². The number of likely N-dealkylation sites (tertiary alicyclic amines) is 1. The van der Waals surface area contributed by atoms with Crippen LogP contribution in [-0.2, 0) is 4.74 Å². The van der Waals surface area contributed by atoms with E-state index in [0.29, 0.717) is 18.7 Å². The Hall–Kier alpha value is -1.46. The highest BCUT2D eigenvalue weighted by Crippen LogP contribution is 2.21. The number of pyridine rings is 1. The Balaban J connectivity index is 2.14. The fourth-order valence-electron chi connectivity index (χ4n) is 2.56. The molecule has 1 aliphatic rings. The summed E-state index contributed by atoms with van der Waals surface area (Å²) in [7, 11) is 1.71. The lowest BCUT2D eigenvalue weighted by Crippen LogP contribution is -2.51. The van der Waals surface area contributed by atoms with Gasteiger partial charge in [-0.25, -0.2) is 0 Å². The lowest BCUT2D eigenvalue weighted by molar-refractivity contribution is 0.0139. The summed E-state index contributed by atoms with van der Waals surface area (Å²) in [5.74, 6) is 0.0375. The number of ether oxygens (including phenoxy) is 1. The number of rotatable bonds is 3. The minimum absolute atomic E-state index is 0.0375. The number of carbonyl (C=O) groups excluding carboxylic acids is 1. The van der Waals surface area contributed by atoms with Crippen LogP contribution in [0.1, 0.15) is 28.9 Å². The largest absolute Gasteiger partial charge is 0.381 e. The van der Waals surface area contributed by atoms with E-state index in [1.54, 1.807) is 19.4 Å². The monoisotopic (exact) mass is 263 g/mol. The third-order valence-electron chi connectivity index (χ3n) is 3.68. The average molecular weight is 263 g/mol. The lowest BCUT2D eigenvalue weighted by atomic mass is 9.98. The second-order valence-corrected chi connectivity index (χ2v) is 4.96. The van der Waals surface area contributed by atoms with Crippen LogP contribution in [0.2, 0.25) is 0 Å². The molecule has 5 heteroatoms. The standard InChI is InChI=1S/C14H21N3O2/c1-10-7-11(3-5-16-10)14(18)17-6-4-13(19-2)8-12(17)9-15/h3,5,7,12-13H,4,6,8-9,15H2,1-2H3. The smallest absolute Gasteiger partial charge is 0.254 e. The molecule has 0 spiro atoms. The number of methoxy groups -OCH3 is 1. The van der Waals surface area contributed by atoms with E-state index in [9.17, 15) is 4.79 Å². The number of hydrogen-bond donors (Lipinski definition) is 1. The van der Waals surface area contributed by atoms with Gasteiger partial charge in [-0.05, 0) is 31.9 Å². The van der Waals surface area contributed by atoms with Crippen LogP contribution >= 0.6 is 0 Å². The second kappa shape index (κ2) is 6.12. The van der Waals surface area contributed by atoms with Gasteiger partial charge in [0.1, 0.15) is 0 Å². The van der Waals surface area contributed by atoms with Crippen molar-refractivity contribution in [3.8, 4) is 0 Å². The molecule has 1 aromatic heterocycles. The van der Waals surface area contributed by atoms with Gasteiger partial charge in [-0.1, -0.05) is 0 Å². The van der Waals surface area contributed by atoms with Crippen molar-refractivity contribution in [1.29, 1.82) is 0 Å². The normalized spacial score (nSPS) is 23.4. The number of aromatic nitrogens is 1. The van der Waals surface area contributed by atoms with Gasteiger partial charge >= 0.3 is 0 Å². The highest BCUT2D eigenvalue weighted by molar-refractivity contribution is 5.94. The van der Waals surface area contributed by atoms with Crippen LogP contribution in [-0.4, -0.2) is 48.1 Å². The molecule has 104 valence electrons. The molecule has 2 N–H and O–H groups in total. The topological polar surface area (TPSA) is 68.5 Å². The average Bonchev–Trinajstić information content (AvgIpc) is 2.45. The fraction of sp³-hybridized carbons (Fsp3) is 0.571. The Kier molecular flexibility index (Phi) is 4.50. The summed E-state index contributed by atoms with van der Waals surface area (Å²) in [6, 6.07) is 3.63. The number of nitrogens with two attached hydrogens (primary N) is 1. The summed E-state index contributed by atoms with van der Waals surface area (Å²) < 4.78 is 5.37. The molecule has 1 fully saturated rings. The van der Waals surface area contributed by atoms with Crippen LogP contribution in [0.3, 0.4) is 0 Å². The molecule has 0 aliphatic carbocycles. The minimum Gasteiger partial charge on any atom is -0.381 e. The summed E-state index contributed by atoms with van der Waals surface area (Å²) >= 11 is 0. The van der Waals surface area contributed by atoms with Crippen molar-refractivity contribution < 1.29 is 9.53 Å². The maximum atomic E-state index is 12.5. The first-order valence-electron chi connectivity index (χ1n) is 6.62. The number of hydrogen-bond acceptors (Lipinski definition) is 4. The van der Waals surface area contributed by atoms with Gasteiger partial charge in [-0.3, -0.25) is 9.78 Å². The Morgan fingerprint density at radius 3 is 3.05 bits per heavy atom. The van der Waals surface area contributed by atoms with Crippen molar-refractivity contribution in [1.82, 2.24) is 9.88 Å². The minimum atomic E-state index is 0.0375. The first kappa shape index (κ1) is 14.0. The molecule has 2 heterocycles. The molecule has 0 radical (unpaired) electrons. The van der Waals surface area contributed by atoms with Crippen LogP contribution in [0.15, 0.2) is 18.3 Å². The fourth-order valence-corrected chi connectivity index (χ4v) is 2.56. The number of carbonyl (C=O) groups is 1. The van der Waals surface area contributed by atoms with Gasteiger partial charge in [0.05, 0.1) is 6.10 Å². The maximum Gasteiger partial charge on any atom is 0.254 e. The molecular formula is C14H21N3O2. The number of aryl methyl sites for hydroxylation is 1. The Labute approximate surface area is 113 Å². The molecule has 2 rings (SSSR count). The maximum absolute atomic E-state index is 12.5. The Morgan fingerprint density at radius 1 is 1.63 bits per heavy atom. The van der Waals surface area contributed by atoms with Crippen molar-refractivity contribution in [2.24, 2.45) is 5.73 Å². The molecule has 0 saturated carbocycles. The van der Waals surface area contributed by atoms with E-state index >= 15 is 0 Å². The lowest BCUT2D eigenvalue weighted by Gasteiger charge is -2.38.